The van der Waals surface area contributed by atoms with Crippen LogP contribution in [0.5, 0.6) is 0 Å². The van der Waals surface area contributed by atoms with Gasteiger partial charge in [-0.25, -0.2) is 4.98 Å². The van der Waals surface area contributed by atoms with E-state index < -0.39 is 4.92 Å². The topological polar surface area (TPSA) is 89.5 Å². The van der Waals surface area contributed by atoms with E-state index in [1.54, 1.807) is 36.6 Å². The molecule has 8 heteroatoms. The summed E-state index contributed by atoms with van der Waals surface area (Å²) in [5, 5.41) is 13.7. The summed E-state index contributed by atoms with van der Waals surface area (Å²) < 4.78 is 2.49. The van der Waals surface area contributed by atoms with Gasteiger partial charge in [0.1, 0.15) is 11.3 Å². The fraction of sp³-hybridized carbons (Fsp3) is 0.125. The first kappa shape index (κ1) is 16.1. The van der Waals surface area contributed by atoms with Crippen molar-refractivity contribution in [2.24, 2.45) is 0 Å². The molecule has 24 heavy (non-hydrogen) atoms. The van der Waals surface area contributed by atoms with E-state index in [1.165, 1.54) is 12.1 Å². The molecule has 0 bridgehead atoms. The van der Waals surface area contributed by atoms with Crippen LogP contribution < -0.4 is 5.32 Å². The van der Waals surface area contributed by atoms with E-state index in [9.17, 15) is 14.9 Å². The van der Waals surface area contributed by atoms with Crippen LogP contribution in [-0.2, 0) is 0 Å². The molecule has 1 amide bonds. The third-order valence-corrected chi connectivity index (χ3v) is 4.12. The Labute approximate surface area is 145 Å². The van der Waals surface area contributed by atoms with Crippen molar-refractivity contribution in [2.75, 3.05) is 5.32 Å². The molecule has 0 atom stereocenters. The zero-order chi connectivity index (χ0) is 17.4. The lowest BCUT2D eigenvalue weighted by atomic mass is 10.1. The average Bonchev–Trinajstić information content (AvgIpc) is 2.84. The second-order valence-corrected chi connectivity index (χ2v) is 6.25. The van der Waals surface area contributed by atoms with Gasteiger partial charge in [-0.3, -0.25) is 19.3 Å². The number of nitrogens with zero attached hydrogens (tertiary/aromatic N) is 3. The van der Waals surface area contributed by atoms with Crippen molar-refractivity contribution in [3.63, 3.8) is 0 Å². The maximum absolute atomic E-state index is 12.7. The molecule has 0 spiro atoms. The van der Waals surface area contributed by atoms with Gasteiger partial charge in [-0.05, 0) is 47.5 Å². The summed E-state index contributed by atoms with van der Waals surface area (Å²) in [7, 11) is 0. The van der Waals surface area contributed by atoms with Gasteiger partial charge in [-0.2, -0.15) is 0 Å². The lowest BCUT2D eigenvalue weighted by Crippen LogP contribution is -2.16. The number of anilines is 1. The Balaban J connectivity index is 2.02. The Morgan fingerprint density at radius 3 is 2.75 bits per heavy atom. The quantitative estimate of drug-likeness (QED) is 0.544. The fourth-order valence-corrected chi connectivity index (χ4v) is 2.79. The van der Waals surface area contributed by atoms with E-state index in [1.807, 2.05) is 6.07 Å². The Kier molecular flexibility index (Phi) is 4.06. The summed E-state index contributed by atoms with van der Waals surface area (Å²) in [5.41, 5.74) is 2.68. The molecular formula is C16H13BrN4O3. The minimum absolute atomic E-state index is 0.0755. The van der Waals surface area contributed by atoms with Gasteiger partial charge in [0.05, 0.1) is 16.3 Å². The first-order valence-corrected chi connectivity index (χ1v) is 7.86. The van der Waals surface area contributed by atoms with Crippen LogP contribution in [0.15, 0.2) is 41.0 Å². The molecule has 0 saturated heterocycles. The van der Waals surface area contributed by atoms with Crippen molar-refractivity contribution in [1.29, 1.82) is 0 Å². The number of aryl methyl sites for hydroxylation is 2. The minimum Gasteiger partial charge on any atom is -0.320 e. The summed E-state index contributed by atoms with van der Waals surface area (Å²) in [5.74, 6) is -0.373. The van der Waals surface area contributed by atoms with Crippen molar-refractivity contribution >= 4 is 38.9 Å². The van der Waals surface area contributed by atoms with E-state index in [2.05, 4.69) is 26.2 Å². The number of carbonyl (C=O) groups excluding carboxylic acids is 1. The van der Waals surface area contributed by atoms with Gasteiger partial charge < -0.3 is 5.32 Å². The standard InChI is InChI=1S/C16H13BrN4O3/c1-9-3-5-12(21(23)24)7-13(9)19-16(22)15-10(2)18-14-6-4-11(17)8-20(14)15/h3-8H,1-2H3,(H,19,22). The smallest absolute Gasteiger partial charge is 0.274 e. The molecule has 0 aliphatic rings. The van der Waals surface area contributed by atoms with Crippen LogP contribution in [0.1, 0.15) is 21.7 Å². The Morgan fingerprint density at radius 1 is 1.29 bits per heavy atom. The maximum atomic E-state index is 12.7. The number of benzene rings is 1. The molecular weight excluding hydrogens is 376 g/mol. The monoisotopic (exact) mass is 388 g/mol. The molecule has 7 nitrogen and oxygen atoms in total. The third kappa shape index (κ3) is 2.88. The minimum atomic E-state index is -0.494. The summed E-state index contributed by atoms with van der Waals surface area (Å²) >= 11 is 3.37. The molecule has 0 aliphatic carbocycles. The highest BCUT2D eigenvalue weighted by Crippen LogP contribution is 2.23. The SMILES string of the molecule is Cc1ccc([N+](=O)[O-])cc1NC(=O)c1c(C)nc2ccc(Br)cn12. The van der Waals surface area contributed by atoms with E-state index in [0.717, 1.165) is 10.0 Å². The van der Waals surface area contributed by atoms with Crippen LogP contribution in [0, 0.1) is 24.0 Å². The Morgan fingerprint density at radius 2 is 2.04 bits per heavy atom. The molecule has 1 N–H and O–H groups in total. The van der Waals surface area contributed by atoms with Gasteiger partial charge in [-0.1, -0.05) is 6.07 Å². The zero-order valence-corrected chi connectivity index (χ0v) is 14.5. The highest BCUT2D eigenvalue weighted by atomic mass is 79.9. The van der Waals surface area contributed by atoms with Crippen LogP contribution in [0.3, 0.4) is 0 Å². The highest BCUT2D eigenvalue weighted by molar-refractivity contribution is 9.10. The van der Waals surface area contributed by atoms with Gasteiger partial charge in [0, 0.05) is 22.8 Å². The van der Waals surface area contributed by atoms with Gasteiger partial charge in [-0.15, -0.1) is 0 Å². The second-order valence-electron chi connectivity index (χ2n) is 5.33. The van der Waals surface area contributed by atoms with Crippen molar-refractivity contribution in [3.05, 3.63) is 68.1 Å². The van der Waals surface area contributed by atoms with Crippen LogP contribution in [0.25, 0.3) is 5.65 Å². The largest absolute Gasteiger partial charge is 0.320 e. The molecule has 0 radical (unpaired) electrons. The number of carbonyl (C=O) groups is 1. The van der Waals surface area contributed by atoms with Crippen LogP contribution in [-0.4, -0.2) is 20.2 Å². The molecule has 0 saturated carbocycles. The number of amides is 1. The maximum Gasteiger partial charge on any atom is 0.274 e. The molecule has 0 aliphatic heterocycles. The summed E-state index contributed by atoms with van der Waals surface area (Å²) in [4.78, 5) is 27.5. The molecule has 2 heterocycles. The van der Waals surface area contributed by atoms with Crippen molar-refractivity contribution in [1.82, 2.24) is 9.38 Å². The number of nitro benzene ring substituents is 1. The normalized spacial score (nSPS) is 10.8. The number of hydrogen-bond acceptors (Lipinski definition) is 4. The number of fused-ring (bicyclic) bond motifs is 1. The molecule has 0 fully saturated rings. The average molecular weight is 389 g/mol. The zero-order valence-electron chi connectivity index (χ0n) is 12.9. The highest BCUT2D eigenvalue weighted by Gasteiger charge is 2.18. The van der Waals surface area contributed by atoms with E-state index in [0.29, 0.717) is 22.7 Å². The van der Waals surface area contributed by atoms with Crippen LogP contribution in [0.2, 0.25) is 0 Å². The number of aromatic nitrogens is 2. The van der Waals surface area contributed by atoms with Crippen molar-refractivity contribution < 1.29 is 9.72 Å². The van der Waals surface area contributed by atoms with Gasteiger partial charge in [0.2, 0.25) is 0 Å². The first-order valence-electron chi connectivity index (χ1n) is 7.07. The summed E-state index contributed by atoms with van der Waals surface area (Å²) in [6.45, 7) is 3.52. The number of pyridine rings is 1. The lowest BCUT2D eigenvalue weighted by molar-refractivity contribution is -0.384. The fourth-order valence-electron chi connectivity index (χ4n) is 2.45. The number of imidazole rings is 1. The summed E-state index contributed by atoms with van der Waals surface area (Å²) in [6.07, 6.45) is 1.75. The second kappa shape index (κ2) is 6.04. The Bertz CT molecular complexity index is 981. The molecule has 3 aromatic rings. The van der Waals surface area contributed by atoms with Gasteiger partial charge in [0.15, 0.2) is 0 Å². The van der Waals surface area contributed by atoms with Gasteiger partial charge >= 0.3 is 0 Å². The predicted octanol–water partition coefficient (Wildman–Crippen LogP) is 3.87. The van der Waals surface area contributed by atoms with Gasteiger partial charge in [0.25, 0.3) is 11.6 Å². The summed E-state index contributed by atoms with van der Waals surface area (Å²) in [6, 6.07) is 8.00. The number of halogens is 1. The van der Waals surface area contributed by atoms with Crippen molar-refractivity contribution in [3.8, 4) is 0 Å². The molecule has 1 aromatic carbocycles. The number of hydrogen-bond donors (Lipinski definition) is 1. The van der Waals surface area contributed by atoms with E-state index in [-0.39, 0.29) is 11.6 Å². The lowest BCUT2D eigenvalue weighted by Gasteiger charge is -2.09. The van der Waals surface area contributed by atoms with Crippen molar-refractivity contribution in [2.45, 2.75) is 13.8 Å². The predicted molar refractivity (Wildman–Crippen MR) is 93.4 cm³/mol. The number of non-ortho nitro benzene ring substituents is 1. The number of nitrogens with one attached hydrogen (secondary N) is 1. The molecule has 2 aromatic heterocycles. The van der Waals surface area contributed by atoms with E-state index in [4.69, 9.17) is 0 Å². The number of nitro groups is 1. The Hall–Kier alpha value is -2.74. The third-order valence-electron chi connectivity index (χ3n) is 3.65. The number of rotatable bonds is 3. The first-order chi connectivity index (χ1) is 11.4. The molecule has 0 unspecified atom stereocenters. The molecule has 3 rings (SSSR count). The molecule has 122 valence electrons. The van der Waals surface area contributed by atoms with Crippen LogP contribution in [0.4, 0.5) is 11.4 Å². The van der Waals surface area contributed by atoms with E-state index >= 15 is 0 Å². The van der Waals surface area contributed by atoms with Crippen LogP contribution >= 0.6 is 15.9 Å².